The van der Waals surface area contributed by atoms with Crippen LogP contribution < -0.4 is 0 Å². The van der Waals surface area contributed by atoms with Gasteiger partial charge in [-0.3, -0.25) is 14.1 Å². The standard InChI is InChI=1S/C51H94O12S/c1-3-5-7-9-11-13-15-17-19-20-21-22-23-24-26-28-30-32-34-36-38-40-47(53)62-44(42-61-51-50(56)49(55)48(54)45(63-51)43-64(57,58)59)41-60-46(52)39-37-35-33-31-29-27-25-18-16-14-12-10-8-6-4-2/h18,20-21,25,44-45,48-51,54-56H,3-17,19,22-24,26-43H2,1-2H3,(H,57,58,59)/b21-20-,25-18-. The summed E-state index contributed by atoms with van der Waals surface area (Å²) in [4.78, 5) is 25.5. The first kappa shape index (κ1) is 60.1. The zero-order valence-electron chi connectivity index (χ0n) is 40.4. The van der Waals surface area contributed by atoms with E-state index in [1.807, 2.05) is 0 Å². The number of allylic oxidation sites excluding steroid dienone is 4. The van der Waals surface area contributed by atoms with Gasteiger partial charge in [-0.2, -0.15) is 8.42 Å². The number of aliphatic hydroxyl groups is 3. The fraction of sp³-hybridized carbons (Fsp3) is 0.882. The zero-order valence-corrected chi connectivity index (χ0v) is 41.2. The van der Waals surface area contributed by atoms with Crippen molar-refractivity contribution in [2.75, 3.05) is 19.0 Å². The second kappa shape index (κ2) is 41.3. The summed E-state index contributed by atoms with van der Waals surface area (Å²) in [6, 6.07) is 0. The first-order chi connectivity index (χ1) is 31.0. The monoisotopic (exact) mass is 931 g/mol. The summed E-state index contributed by atoms with van der Waals surface area (Å²) in [6.45, 7) is 3.78. The molecule has 0 aromatic rings. The Morgan fingerprint density at radius 3 is 1.30 bits per heavy atom. The van der Waals surface area contributed by atoms with E-state index in [4.69, 9.17) is 18.9 Å². The molecule has 0 spiro atoms. The molecule has 4 N–H and O–H groups in total. The van der Waals surface area contributed by atoms with Gasteiger partial charge in [0.2, 0.25) is 0 Å². The number of carbonyl (C=O) groups is 2. The van der Waals surface area contributed by atoms with E-state index in [0.717, 1.165) is 57.8 Å². The molecule has 6 atom stereocenters. The average Bonchev–Trinajstić information content (AvgIpc) is 3.26. The molecule has 1 saturated heterocycles. The summed E-state index contributed by atoms with van der Waals surface area (Å²) >= 11 is 0. The van der Waals surface area contributed by atoms with E-state index < -0.39 is 71.2 Å². The Labute approximate surface area is 389 Å². The molecular weight excluding hydrogens is 837 g/mol. The van der Waals surface area contributed by atoms with Crippen LogP contribution in [0.5, 0.6) is 0 Å². The Morgan fingerprint density at radius 1 is 0.516 bits per heavy atom. The van der Waals surface area contributed by atoms with Gasteiger partial charge in [-0.25, -0.2) is 0 Å². The third-order valence-electron chi connectivity index (χ3n) is 12.0. The molecule has 12 nitrogen and oxygen atoms in total. The number of aliphatic hydroxyl groups excluding tert-OH is 3. The van der Waals surface area contributed by atoms with Crippen molar-refractivity contribution in [1.29, 1.82) is 0 Å². The molecule has 1 heterocycles. The minimum atomic E-state index is -4.60. The van der Waals surface area contributed by atoms with Crippen molar-refractivity contribution in [1.82, 2.24) is 0 Å². The van der Waals surface area contributed by atoms with Gasteiger partial charge in [-0.15, -0.1) is 0 Å². The van der Waals surface area contributed by atoms with Gasteiger partial charge in [-0.05, 0) is 64.2 Å². The summed E-state index contributed by atoms with van der Waals surface area (Å²) in [5.41, 5.74) is 0. The molecule has 0 aromatic carbocycles. The third-order valence-corrected chi connectivity index (χ3v) is 12.8. The maximum Gasteiger partial charge on any atom is 0.306 e. The SMILES string of the molecule is CCCCCCCC/C=C\CCCCCCCC(=O)OCC(COC1OC(CS(=O)(=O)O)C(O)C(O)C1O)OC(=O)CCCCCCCCCCC/C=C\CCCCCCCCCC. The fourth-order valence-electron chi connectivity index (χ4n) is 7.96. The Balaban J connectivity index is 2.37. The lowest BCUT2D eigenvalue weighted by Gasteiger charge is -2.40. The minimum Gasteiger partial charge on any atom is -0.462 e. The van der Waals surface area contributed by atoms with Crippen LogP contribution in [0, 0.1) is 0 Å². The Bertz CT molecular complexity index is 1270. The highest BCUT2D eigenvalue weighted by Gasteiger charge is 2.46. The third kappa shape index (κ3) is 35.3. The van der Waals surface area contributed by atoms with Gasteiger partial charge >= 0.3 is 11.9 Å². The second-order valence-corrected chi connectivity index (χ2v) is 19.7. The van der Waals surface area contributed by atoms with Crippen LogP contribution in [0.4, 0.5) is 0 Å². The number of unbranched alkanes of at least 4 members (excludes halogenated alkanes) is 28. The summed E-state index contributed by atoms with van der Waals surface area (Å²) in [6.07, 6.45) is 37.9. The summed E-state index contributed by atoms with van der Waals surface area (Å²) in [7, 11) is -4.60. The van der Waals surface area contributed by atoms with Crippen molar-refractivity contribution < 1.29 is 56.8 Å². The fourth-order valence-corrected chi connectivity index (χ4v) is 8.65. The zero-order chi connectivity index (χ0) is 46.9. The van der Waals surface area contributed by atoms with Crippen LogP contribution in [-0.2, 0) is 38.7 Å². The van der Waals surface area contributed by atoms with Crippen LogP contribution >= 0.6 is 0 Å². The normalized spacial score (nSPS) is 19.8. The lowest BCUT2D eigenvalue weighted by Crippen LogP contribution is -2.60. The molecule has 1 fully saturated rings. The highest BCUT2D eigenvalue weighted by atomic mass is 32.2. The topological polar surface area (TPSA) is 186 Å². The lowest BCUT2D eigenvalue weighted by molar-refractivity contribution is -0.297. The van der Waals surface area contributed by atoms with Crippen LogP contribution in [0.25, 0.3) is 0 Å². The lowest BCUT2D eigenvalue weighted by atomic mass is 10.00. The molecule has 0 amide bonds. The van der Waals surface area contributed by atoms with Gasteiger partial charge in [0.1, 0.15) is 36.8 Å². The number of rotatable bonds is 44. The molecule has 0 radical (unpaired) electrons. The average molecular weight is 931 g/mol. The number of hydrogen-bond acceptors (Lipinski definition) is 11. The maximum absolute atomic E-state index is 12.9. The van der Waals surface area contributed by atoms with Crippen molar-refractivity contribution in [3.63, 3.8) is 0 Å². The van der Waals surface area contributed by atoms with Gasteiger partial charge in [0.25, 0.3) is 10.1 Å². The molecule has 6 unspecified atom stereocenters. The molecule has 1 aliphatic rings. The Morgan fingerprint density at radius 2 is 0.891 bits per heavy atom. The number of hydrogen-bond donors (Lipinski definition) is 4. The smallest absolute Gasteiger partial charge is 0.306 e. The number of esters is 2. The van der Waals surface area contributed by atoms with Crippen molar-refractivity contribution in [2.24, 2.45) is 0 Å². The number of ether oxygens (including phenoxy) is 4. The Hall–Kier alpha value is -1.87. The summed E-state index contributed by atoms with van der Waals surface area (Å²) < 4.78 is 54.2. The molecule has 0 aliphatic carbocycles. The Kier molecular flexibility index (Phi) is 38.8. The van der Waals surface area contributed by atoms with Gasteiger partial charge in [0.15, 0.2) is 12.4 Å². The van der Waals surface area contributed by atoms with Crippen molar-refractivity contribution in [3.05, 3.63) is 24.3 Å². The van der Waals surface area contributed by atoms with E-state index in [2.05, 4.69) is 38.2 Å². The van der Waals surface area contributed by atoms with E-state index in [1.54, 1.807) is 0 Å². The van der Waals surface area contributed by atoms with E-state index in [0.29, 0.717) is 12.8 Å². The van der Waals surface area contributed by atoms with Crippen LogP contribution in [0.15, 0.2) is 24.3 Å². The van der Waals surface area contributed by atoms with Gasteiger partial charge < -0.3 is 34.3 Å². The summed E-state index contributed by atoms with van der Waals surface area (Å²) in [5, 5.41) is 31.0. The van der Waals surface area contributed by atoms with Crippen LogP contribution in [0.3, 0.4) is 0 Å². The van der Waals surface area contributed by atoms with Gasteiger partial charge in [0.05, 0.1) is 6.61 Å². The summed E-state index contributed by atoms with van der Waals surface area (Å²) in [5.74, 6) is -1.99. The minimum absolute atomic E-state index is 0.163. The van der Waals surface area contributed by atoms with Crippen LogP contribution in [-0.4, -0.2) is 96.0 Å². The van der Waals surface area contributed by atoms with Crippen LogP contribution in [0.1, 0.15) is 232 Å². The van der Waals surface area contributed by atoms with Crippen molar-refractivity contribution >= 4 is 22.1 Å². The second-order valence-electron chi connectivity index (χ2n) is 18.2. The molecule has 64 heavy (non-hydrogen) atoms. The molecular formula is C51H94O12S. The highest BCUT2D eigenvalue weighted by molar-refractivity contribution is 7.85. The van der Waals surface area contributed by atoms with Gasteiger partial charge in [-0.1, -0.05) is 179 Å². The van der Waals surface area contributed by atoms with E-state index in [9.17, 15) is 37.9 Å². The molecule has 13 heteroatoms. The first-order valence-corrected chi connectivity index (χ1v) is 27.5. The molecule has 0 bridgehead atoms. The predicted octanol–water partition coefficient (Wildman–Crippen LogP) is 11.6. The quantitative estimate of drug-likeness (QED) is 0.0196. The van der Waals surface area contributed by atoms with Crippen molar-refractivity contribution in [2.45, 2.75) is 269 Å². The van der Waals surface area contributed by atoms with Crippen LogP contribution in [0.2, 0.25) is 0 Å². The van der Waals surface area contributed by atoms with E-state index in [1.165, 1.54) is 135 Å². The van der Waals surface area contributed by atoms with E-state index >= 15 is 0 Å². The first-order valence-electron chi connectivity index (χ1n) is 25.9. The predicted molar refractivity (Wildman–Crippen MR) is 256 cm³/mol. The molecule has 376 valence electrons. The molecule has 1 rings (SSSR count). The highest BCUT2D eigenvalue weighted by Crippen LogP contribution is 2.24. The largest absolute Gasteiger partial charge is 0.462 e. The van der Waals surface area contributed by atoms with Gasteiger partial charge in [0, 0.05) is 12.8 Å². The molecule has 0 aromatic heterocycles. The van der Waals surface area contributed by atoms with Crippen molar-refractivity contribution in [3.8, 4) is 0 Å². The number of carbonyl (C=O) groups excluding carboxylic acids is 2. The maximum atomic E-state index is 12.9. The van der Waals surface area contributed by atoms with E-state index in [-0.39, 0.29) is 19.4 Å². The molecule has 0 saturated carbocycles. The molecule has 1 aliphatic heterocycles.